The van der Waals surface area contributed by atoms with E-state index < -0.39 is 28.4 Å². The number of rotatable bonds is 6. The topological polar surface area (TPSA) is 156 Å². The molecule has 14 heteroatoms. The minimum Gasteiger partial charge on any atom is -0.488 e. The van der Waals surface area contributed by atoms with Crippen molar-refractivity contribution in [2.24, 2.45) is 0 Å². The van der Waals surface area contributed by atoms with Crippen LogP contribution in [0.2, 0.25) is 10.0 Å². The van der Waals surface area contributed by atoms with Gasteiger partial charge in [-0.15, -0.1) is 5.10 Å². The lowest BCUT2D eigenvalue weighted by Gasteiger charge is -2.04. The first-order valence-electron chi connectivity index (χ1n) is 10.4. The number of benzene rings is 2. The van der Waals surface area contributed by atoms with Crippen LogP contribution in [0, 0.1) is 0 Å². The lowest BCUT2D eigenvalue weighted by molar-refractivity contribution is 0.402. The third-order valence-electron chi connectivity index (χ3n) is 4.78. The lowest BCUT2D eigenvalue weighted by Crippen LogP contribution is -2.33. The Morgan fingerprint density at radius 2 is 1.14 bits per heavy atom. The van der Waals surface area contributed by atoms with Gasteiger partial charge in [0.1, 0.15) is 0 Å². The number of nitrogens with one attached hydrogen (secondary N) is 2. The minimum absolute atomic E-state index is 0.0956. The van der Waals surface area contributed by atoms with Gasteiger partial charge in [0.2, 0.25) is 0 Å². The van der Waals surface area contributed by atoms with Crippen LogP contribution >= 0.6 is 39.1 Å². The van der Waals surface area contributed by atoms with Gasteiger partial charge in [0, 0.05) is 10.0 Å². The summed E-state index contributed by atoms with van der Waals surface area (Å²) < 4.78 is 2.31. The van der Waals surface area contributed by atoms with Crippen LogP contribution in [0.4, 0.5) is 0 Å². The van der Waals surface area contributed by atoms with Gasteiger partial charge in [-0.1, -0.05) is 47.5 Å². The molecule has 0 fully saturated rings. The highest BCUT2D eigenvalue weighted by Crippen LogP contribution is 2.11. The number of aryl methyl sites for hydroxylation is 4. The second-order valence-electron chi connectivity index (χ2n) is 7.33. The van der Waals surface area contributed by atoms with Crippen molar-refractivity contribution in [3.8, 4) is 5.88 Å². The first kappa shape index (κ1) is 27.1. The zero-order valence-corrected chi connectivity index (χ0v) is 21.5. The molecule has 188 valence electrons. The van der Waals surface area contributed by atoms with E-state index in [9.17, 15) is 19.2 Å². The summed E-state index contributed by atoms with van der Waals surface area (Å²) in [6.07, 6.45) is 1.16. The van der Waals surface area contributed by atoms with Gasteiger partial charge in [-0.25, -0.2) is 19.0 Å². The van der Waals surface area contributed by atoms with Gasteiger partial charge in [0.15, 0.2) is 4.60 Å². The zero-order valence-electron chi connectivity index (χ0n) is 18.5. The van der Waals surface area contributed by atoms with Crippen LogP contribution in [0.3, 0.4) is 0 Å². The normalized spacial score (nSPS) is 10.5. The molecule has 0 aliphatic heterocycles. The van der Waals surface area contributed by atoms with E-state index in [2.05, 4.69) is 31.1 Å². The summed E-state index contributed by atoms with van der Waals surface area (Å²) in [5, 5.41) is 17.8. The Labute approximate surface area is 221 Å². The van der Waals surface area contributed by atoms with Crippen molar-refractivity contribution in [3.63, 3.8) is 0 Å². The predicted molar refractivity (Wildman–Crippen MR) is 138 cm³/mol. The van der Waals surface area contributed by atoms with Crippen molar-refractivity contribution in [2.75, 3.05) is 0 Å². The van der Waals surface area contributed by atoms with Crippen LogP contribution in [0.1, 0.15) is 11.1 Å². The number of nitrogens with zero attached hydrogens (tertiary/aromatic N) is 4. The van der Waals surface area contributed by atoms with Gasteiger partial charge in [-0.3, -0.25) is 19.6 Å². The molecule has 0 atom stereocenters. The summed E-state index contributed by atoms with van der Waals surface area (Å²) in [4.78, 5) is 49.0. The maximum atomic E-state index is 11.5. The molecule has 2 aromatic heterocycles. The van der Waals surface area contributed by atoms with Crippen LogP contribution in [0.15, 0.2) is 72.3 Å². The van der Waals surface area contributed by atoms with Gasteiger partial charge in [0.25, 0.3) is 11.4 Å². The van der Waals surface area contributed by atoms with Crippen LogP contribution in [-0.2, 0) is 25.9 Å². The molecule has 2 aromatic carbocycles. The largest absolute Gasteiger partial charge is 0.488 e. The minimum atomic E-state index is -0.886. The summed E-state index contributed by atoms with van der Waals surface area (Å²) in [6, 6.07) is 14.5. The Kier molecular flexibility index (Phi) is 9.39. The quantitative estimate of drug-likeness (QED) is 0.307. The number of halogens is 3. The van der Waals surface area contributed by atoms with Crippen molar-refractivity contribution >= 4 is 39.1 Å². The summed E-state index contributed by atoms with van der Waals surface area (Å²) in [6.45, 7) is 0.640. The second-order valence-corrected chi connectivity index (χ2v) is 8.96. The van der Waals surface area contributed by atoms with Crippen LogP contribution in [-0.4, -0.2) is 34.6 Å². The molecular formula is C22H19BrCl2N6O5. The molecule has 36 heavy (non-hydrogen) atoms. The molecule has 0 amide bonds. The van der Waals surface area contributed by atoms with Gasteiger partial charge < -0.3 is 5.11 Å². The predicted octanol–water partition coefficient (Wildman–Crippen LogP) is 2.12. The van der Waals surface area contributed by atoms with Crippen LogP contribution in [0.25, 0.3) is 0 Å². The molecule has 0 aliphatic carbocycles. The Morgan fingerprint density at radius 3 is 1.61 bits per heavy atom. The fourth-order valence-corrected chi connectivity index (χ4v) is 3.45. The first-order chi connectivity index (χ1) is 17.1. The average molecular weight is 598 g/mol. The Morgan fingerprint density at radius 1 is 0.722 bits per heavy atom. The lowest BCUT2D eigenvalue weighted by atomic mass is 10.1. The third kappa shape index (κ3) is 7.77. The van der Waals surface area contributed by atoms with E-state index >= 15 is 0 Å². The summed E-state index contributed by atoms with van der Waals surface area (Å²) in [7, 11) is 0. The Balaban J connectivity index is 0.000000201. The van der Waals surface area contributed by atoms with Crippen molar-refractivity contribution in [1.82, 2.24) is 29.5 Å². The number of aromatic hydroxyl groups is 1. The standard InChI is InChI=1S/C11H9BrClN3O2.C11H10ClN3O3/c12-9-10(17)14-11(18)16(15-9)6-5-7-1-3-8(13)4-2-7;12-8-3-1-7(2-4-8)5-6-15-11(18)13-9(16)10(17)14-15/h1-4H,5-6H2,(H,14,17,18);1-4H,5-6H2,(H,14,17)(H,13,16,18). The Bertz CT molecular complexity index is 1440. The molecule has 0 aliphatic rings. The van der Waals surface area contributed by atoms with E-state index in [-0.39, 0.29) is 11.1 Å². The number of aromatic nitrogens is 6. The average Bonchev–Trinajstić information content (AvgIpc) is 2.84. The van der Waals surface area contributed by atoms with Crippen molar-refractivity contribution in [3.05, 3.63) is 116 Å². The number of aromatic amines is 2. The van der Waals surface area contributed by atoms with Crippen LogP contribution in [0.5, 0.6) is 5.88 Å². The molecule has 0 spiro atoms. The SMILES string of the molecule is O=c1[nH]c(=O)n(CCc2ccc(Cl)cc2)nc1Br.O=c1[nH]c(=O)n(CCc2ccc(Cl)cc2)nc1O. The molecule has 4 rings (SSSR count). The van der Waals surface area contributed by atoms with E-state index in [1.54, 1.807) is 24.3 Å². The van der Waals surface area contributed by atoms with E-state index in [1.165, 1.54) is 4.68 Å². The molecule has 0 radical (unpaired) electrons. The van der Waals surface area contributed by atoms with Gasteiger partial charge >= 0.3 is 16.9 Å². The number of hydrogen-bond donors (Lipinski definition) is 3. The Hall–Kier alpha value is -3.48. The first-order valence-corrected chi connectivity index (χ1v) is 11.9. The van der Waals surface area contributed by atoms with Crippen molar-refractivity contribution in [1.29, 1.82) is 0 Å². The molecule has 0 bridgehead atoms. The van der Waals surface area contributed by atoms with Crippen LogP contribution < -0.4 is 22.5 Å². The summed E-state index contributed by atoms with van der Waals surface area (Å²) in [5.74, 6) is -0.717. The maximum Gasteiger partial charge on any atom is 0.344 e. The van der Waals surface area contributed by atoms with Gasteiger partial charge in [0.05, 0.1) is 13.1 Å². The molecular weight excluding hydrogens is 579 g/mol. The second kappa shape index (κ2) is 12.5. The fraction of sp³-hybridized carbons (Fsp3) is 0.182. The van der Waals surface area contributed by atoms with E-state index in [0.29, 0.717) is 29.4 Å². The molecule has 4 aromatic rings. The highest BCUT2D eigenvalue weighted by Gasteiger charge is 2.05. The molecule has 0 saturated carbocycles. The maximum absolute atomic E-state index is 11.5. The number of H-pyrrole nitrogens is 2. The molecule has 0 unspecified atom stereocenters. The highest BCUT2D eigenvalue weighted by atomic mass is 79.9. The molecule has 11 nitrogen and oxygen atoms in total. The van der Waals surface area contributed by atoms with Gasteiger partial charge in [-0.2, -0.15) is 5.10 Å². The van der Waals surface area contributed by atoms with E-state index in [0.717, 1.165) is 15.8 Å². The monoisotopic (exact) mass is 596 g/mol. The van der Waals surface area contributed by atoms with Crippen molar-refractivity contribution < 1.29 is 5.11 Å². The summed E-state index contributed by atoms with van der Waals surface area (Å²) >= 11 is 14.5. The molecule has 0 saturated heterocycles. The smallest absolute Gasteiger partial charge is 0.344 e. The van der Waals surface area contributed by atoms with Gasteiger partial charge in [-0.05, 0) is 64.2 Å². The molecule has 3 N–H and O–H groups in total. The fourth-order valence-electron chi connectivity index (χ4n) is 2.91. The zero-order chi connectivity index (χ0) is 26.2. The van der Waals surface area contributed by atoms with E-state index in [1.807, 2.05) is 29.2 Å². The molecule has 2 heterocycles. The van der Waals surface area contributed by atoms with E-state index in [4.69, 9.17) is 28.3 Å². The third-order valence-corrected chi connectivity index (χ3v) is 5.80. The number of hydrogen-bond acceptors (Lipinski definition) is 7. The van der Waals surface area contributed by atoms with Crippen molar-refractivity contribution in [2.45, 2.75) is 25.9 Å². The highest BCUT2D eigenvalue weighted by molar-refractivity contribution is 9.10. The summed E-state index contributed by atoms with van der Waals surface area (Å²) in [5.41, 5.74) is -0.566.